The summed E-state index contributed by atoms with van der Waals surface area (Å²) in [6.45, 7) is 3.14. The van der Waals surface area contributed by atoms with Gasteiger partial charge in [-0.25, -0.2) is 0 Å². The quantitative estimate of drug-likeness (QED) is 0.162. The monoisotopic (exact) mass is 918 g/mol. The third-order valence-corrected chi connectivity index (χ3v) is 12.3. The molecule has 0 amide bonds. The molecule has 68 heavy (non-hydrogen) atoms. The van der Waals surface area contributed by atoms with Gasteiger partial charge in [0.05, 0.1) is 61.8 Å². The van der Waals surface area contributed by atoms with E-state index in [1.54, 1.807) is 114 Å². The van der Waals surface area contributed by atoms with Gasteiger partial charge in [0, 0.05) is 21.5 Å². The molecule has 0 aliphatic rings. The topological polar surface area (TPSA) is 57.4 Å². The molecule has 334 valence electrons. The van der Waals surface area contributed by atoms with Gasteiger partial charge in [0.1, 0.15) is 11.6 Å². The second-order valence-corrected chi connectivity index (χ2v) is 16.7. The number of fused-ring (bicyclic) bond motifs is 6. The summed E-state index contributed by atoms with van der Waals surface area (Å²) in [5.74, 6) is 0. The van der Waals surface area contributed by atoms with Crippen molar-refractivity contribution in [1.82, 2.24) is 9.13 Å². The summed E-state index contributed by atoms with van der Waals surface area (Å²) in [6, 6.07) is 42.3. The lowest BCUT2D eigenvalue weighted by atomic mass is 9.94. The van der Waals surface area contributed by atoms with Crippen LogP contribution in [0.25, 0.3) is 88.4 Å². The zero-order valence-electron chi connectivity index (χ0n) is 35.6. The fourth-order valence-electron chi connectivity index (χ4n) is 9.39. The molecule has 0 radical (unpaired) electrons. The molecule has 0 spiro atoms. The summed E-state index contributed by atoms with van der Waals surface area (Å²) in [7, 11) is 0. The number of nitriles is 2. The minimum atomic E-state index is -4.92. The van der Waals surface area contributed by atoms with E-state index >= 15 is 13.2 Å². The van der Waals surface area contributed by atoms with E-state index in [4.69, 9.17) is 0 Å². The van der Waals surface area contributed by atoms with E-state index in [1.807, 2.05) is 12.1 Å². The molecule has 0 fully saturated rings. The highest BCUT2D eigenvalue weighted by atomic mass is 19.4. The second kappa shape index (κ2) is 15.7. The Kier molecular flexibility index (Phi) is 10.0. The molecule has 2 aromatic heterocycles. The van der Waals surface area contributed by atoms with Gasteiger partial charge in [-0.05, 0) is 143 Å². The minimum absolute atomic E-state index is 0.0369. The van der Waals surface area contributed by atoms with Gasteiger partial charge >= 0.3 is 18.5 Å². The average molecular weight is 919 g/mol. The predicted octanol–water partition coefficient (Wildman–Crippen LogP) is 16.3. The van der Waals surface area contributed by atoms with Crippen molar-refractivity contribution in [1.29, 1.82) is 10.5 Å². The molecule has 0 N–H and O–H groups in total. The molecule has 0 aliphatic carbocycles. The molecule has 10 aromatic rings. The van der Waals surface area contributed by atoms with Crippen LogP contribution >= 0.6 is 0 Å². The molecular weight excluding hydrogens is 888 g/mol. The summed E-state index contributed by atoms with van der Waals surface area (Å²) in [5, 5.41) is 23.5. The lowest BCUT2D eigenvalue weighted by molar-refractivity contribution is -0.138. The number of rotatable bonds is 5. The number of halogens is 9. The van der Waals surface area contributed by atoms with Gasteiger partial charge in [0.15, 0.2) is 0 Å². The van der Waals surface area contributed by atoms with Crippen molar-refractivity contribution in [2.45, 2.75) is 32.4 Å². The normalized spacial score (nSPS) is 12.3. The number of aromatic nitrogens is 2. The molecule has 0 bridgehead atoms. The lowest BCUT2D eigenvalue weighted by Gasteiger charge is -2.20. The van der Waals surface area contributed by atoms with Gasteiger partial charge < -0.3 is 9.13 Å². The van der Waals surface area contributed by atoms with Gasteiger partial charge in [0.25, 0.3) is 0 Å². The van der Waals surface area contributed by atoms with Crippen LogP contribution in [0.1, 0.15) is 38.9 Å². The number of para-hydroxylation sites is 2. The standard InChI is InChI=1S/C55H31F9N4/c1-30-17-35(22-38(19-30)53(56,57)58)33-12-15-49-43(24-33)41-7-3-5-9-47(41)67(49)51-26-37(40-14-11-32(28-65)21-46(40)55(62,63)64)27-52(45(51)29-66)68-48-10-6-4-8-42(48)44-25-34(13-16-50(44)68)36-18-31(2)20-39(23-36)54(59,60)61/h3-27H,1-2H3. The van der Waals surface area contributed by atoms with Crippen LogP contribution in [0, 0.1) is 36.5 Å². The van der Waals surface area contributed by atoms with Crippen LogP contribution in [0.15, 0.2) is 152 Å². The van der Waals surface area contributed by atoms with Crippen LogP contribution in [-0.4, -0.2) is 9.13 Å². The number of hydrogen-bond donors (Lipinski definition) is 0. The van der Waals surface area contributed by atoms with E-state index in [0.717, 1.165) is 30.3 Å². The maximum absolute atomic E-state index is 15.1. The largest absolute Gasteiger partial charge is 0.417 e. The van der Waals surface area contributed by atoms with E-state index in [9.17, 15) is 36.9 Å². The first-order chi connectivity index (χ1) is 32.3. The van der Waals surface area contributed by atoms with Crippen molar-refractivity contribution in [3.8, 4) is 56.9 Å². The molecule has 8 aromatic carbocycles. The first kappa shape index (κ1) is 43.6. The maximum atomic E-state index is 15.1. The van der Waals surface area contributed by atoms with Crippen molar-refractivity contribution < 1.29 is 39.5 Å². The maximum Gasteiger partial charge on any atom is 0.417 e. The molecule has 0 saturated carbocycles. The van der Waals surface area contributed by atoms with Crippen molar-refractivity contribution in [2.75, 3.05) is 0 Å². The van der Waals surface area contributed by atoms with Gasteiger partial charge in [-0.3, -0.25) is 0 Å². The van der Waals surface area contributed by atoms with Crippen molar-refractivity contribution in [3.63, 3.8) is 0 Å². The Bertz CT molecular complexity index is 3610. The van der Waals surface area contributed by atoms with Crippen molar-refractivity contribution in [3.05, 3.63) is 191 Å². The van der Waals surface area contributed by atoms with Crippen molar-refractivity contribution in [2.24, 2.45) is 0 Å². The summed E-state index contributed by atoms with van der Waals surface area (Å²) < 4.78 is 133. The highest BCUT2D eigenvalue weighted by Crippen LogP contribution is 2.45. The number of benzene rings is 8. The summed E-state index contributed by atoms with van der Waals surface area (Å²) in [4.78, 5) is 0. The molecule has 0 atom stereocenters. The zero-order valence-corrected chi connectivity index (χ0v) is 35.6. The third kappa shape index (κ3) is 7.37. The van der Waals surface area contributed by atoms with E-state index in [2.05, 4.69) is 6.07 Å². The van der Waals surface area contributed by atoms with E-state index in [-0.39, 0.29) is 33.6 Å². The van der Waals surface area contributed by atoms with E-state index in [0.29, 0.717) is 77.0 Å². The Labute approximate surface area is 381 Å². The van der Waals surface area contributed by atoms with Gasteiger partial charge in [0.2, 0.25) is 0 Å². The molecule has 13 heteroatoms. The molecule has 4 nitrogen and oxygen atoms in total. The molecular formula is C55H31F9N4. The summed E-state index contributed by atoms with van der Waals surface area (Å²) >= 11 is 0. The molecule has 0 saturated heterocycles. The van der Waals surface area contributed by atoms with E-state index < -0.39 is 35.2 Å². The summed E-state index contributed by atoms with van der Waals surface area (Å²) in [6.07, 6.45) is -14.1. The van der Waals surface area contributed by atoms with Gasteiger partial charge in [-0.1, -0.05) is 66.7 Å². The first-order valence-corrected chi connectivity index (χ1v) is 21.0. The highest BCUT2D eigenvalue weighted by molar-refractivity contribution is 6.12. The first-order valence-electron chi connectivity index (χ1n) is 21.0. The van der Waals surface area contributed by atoms with Crippen LogP contribution in [-0.2, 0) is 18.5 Å². The Hall–Kier alpha value is -8.29. The van der Waals surface area contributed by atoms with Gasteiger partial charge in [-0.15, -0.1) is 0 Å². The fraction of sp³-hybridized carbons (Fsp3) is 0.0909. The van der Waals surface area contributed by atoms with Crippen LogP contribution in [0.2, 0.25) is 0 Å². The van der Waals surface area contributed by atoms with Crippen LogP contribution in [0.3, 0.4) is 0 Å². The number of alkyl halides is 9. The second-order valence-electron chi connectivity index (χ2n) is 16.7. The molecule has 0 unspecified atom stereocenters. The molecule has 0 aliphatic heterocycles. The Balaban J connectivity index is 1.29. The Morgan fingerprint density at radius 2 is 0.853 bits per heavy atom. The van der Waals surface area contributed by atoms with Crippen LogP contribution < -0.4 is 0 Å². The SMILES string of the molecule is Cc1cc(-c2ccc3c(c2)c2ccccc2n3-c2cc(-c3ccc(C#N)cc3C(F)(F)F)cc(-n3c4ccccc4c4cc(-c5cc(C)cc(C(F)(F)F)c5)ccc43)c2C#N)cc(C(F)(F)F)c1. The van der Waals surface area contributed by atoms with Crippen LogP contribution in [0.4, 0.5) is 39.5 Å². The van der Waals surface area contributed by atoms with E-state index in [1.165, 1.54) is 24.3 Å². The van der Waals surface area contributed by atoms with Crippen LogP contribution in [0.5, 0.6) is 0 Å². The van der Waals surface area contributed by atoms with Gasteiger partial charge in [-0.2, -0.15) is 50.0 Å². The summed E-state index contributed by atoms with van der Waals surface area (Å²) in [5.41, 5.74) is 1.65. The molecule has 2 heterocycles. The lowest BCUT2D eigenvalue weighted by Crippen LogP contribution is -2.09. The molecule has 10 rings (SSSR count). The highest BCUT2D eigenvalue weighted by Gasteiger charge is 2.36. The number of aryl methyl sites for hydroxylation is 2. The minimum Gasteiger partial charge on any atom is -0.308 e. The van der Waals surface area contributed by atoms with Crippen molar-refractivity contribution >= 4 is 43.6 Å². The third-order valence-electron chi connectivity index (χ3n) is 12.3. The fourth-order valence-corrected chi connectivity index (χ4v) is 9.39. The average Bonchev–Trinajstić information content (AvgIpc) is 3.81. The Morgan fingerprint density at radius 1 is 0.397 bits per heavy atom. The Morgan fingerprint density at radius 3 is 1.28 bits per heavy atom. The smallest absolute Gasteiger partial charge is 0.308 e. The number of hydrogen-bond acceptors (Lipinski definition) is 2. The zero-order chi connectivity index (χ0) is 48.0. The number of nitrogens with zero attached hydrogens (tertiary/aromatic N) is 4. The predicted molar refractivity (Wildman–Crippen MR) is 245 cm³/mol.